The molecular formula is C9H11ClN2O. The lowest BCUT2D eigenvalue weighted by molar-refractivity contribution is 0.112. The maximum atomic E-state index is 10.7. The molecular weight excluding hydrogens is 188 g/mol. The summed E-state index contributed by atoms with van der Waals surface area (Å²) in [4.78, 5) is 18.4. The molecule has 0 saturated heterocycles. The third-order valence-electron chi connectivity index (χ3n) is 1.64. The zero-order valence-corrected chi connectivity index (χ0v) is 8.38. The van der Waals surface area contributed by atoms with Gasteiger partial charge in [0.1, 0.15) is 11.5 Å². The molecule has 70 valence electrons. The number of carbonyl (C=O) groups excluding carboxylic acids is 1. The van der Waals surface area contributed by atoms with Crippen LogP contribution in [-0.2, 0) is 6.42 Å². The highest BCUT2D eigenvalue weighted by atomic mass is 35.5. The maximum Gasteiger partial charge on any atom is 0.155 e. The Morgan fingerprint density at radius 1 is 1.54 bits per heavy atom. The SMILES string of the molecule is CC(C)Cc1ncnc(Cl)c1C=O. The van der Waals surface area contributed by atoms with E-state index >= 15 is 0 Å². The molecule has 0 aliphatic carbocycles. The van der Waals surface area contributed by atoms with Crippen LogP contribution < -0.4 is 0 Å². The minimum Gasteiger partial charge on any atom is -0.298 e. The first kappa shape index (κ1) is 10.1. The molecule has 0 amide bonds. The van der Waals surface area contributed by atoms with Gasteiger partial charge in [-0.1, -0.05) is 25.4 Å². The van der Waals surface area contributed by atoms with E-state index in [-0.39, 0.29) is 5.15 Å². The van der Waals surface area contributed by atoms with Crippen LogP contribution in [0.3, 0.4) is 0 Å². The van der Waals surface area contributed by atoms with Crippen LogP contribution in [0.5, 0.6) is 0 Å². The topological polar surface area (TPSA) is 42.9 Å². The average Bonchev–Trinajstić information content (AvgIpc) is 2.03. The predicted molar refractivity (Wildman–Crippen MR) is 51.0 cm³/mol. The van der Waals surface area contributed by atoms with Gasteiger partial charge in [0.25, 0.3) is 0 Å². The van der Waals surface area contributed by atoms with Crippen molar-refractivity contribution >= 4 is 17.9 Å². The molecule has 1 heterocycles. The molecule has 0 radical (unpaired) electrons. The summed E-state index contributed by atoms with van der Waals surface area (Å²) in [6, 6.07) is 0. The molecule has 3 nitrogen and oxygen atoms in total. The van der Waals surface area contributed by atoms with Gasteiger partial charge in [-0.3, -0.25) is 4.79 Å². The Kier molecular flexibility index (Phi) is 3.37. The Bertz CT molecular complexity index is 312. The molecule has 0 aliphatic rings. The van der Waals surface area contributed by atoms with Crippen LogP contribution in [0, 0.1) is 5.92 Å². The highest BCUT2D eigenvalue weighted by molar-refractivity contribution is 6.31. The average molecular weight is 199 g/mol. The molecule has 0 spiro atoms. The highest BCUT2D eigenvalue weighted by Crippen LogP contribution is 2.15. The fraction of sp³-hybridized carbons (Fsp3) is 0.444. The molecule has 13 heavy (non-hydrogen) atoms. The lowest BCUT2D eigenvalue weighted by Gasteiger charge is -2.06. The van der Waals surface area contributed by atoms with E-state index in [1.54, 1.807) is 0 Å². The Labute approximate surface area is 82.2 Å². The van der Waals surface area contributed by atoms with Crippen LogP contribution in [0.25, 0.3) is 0 Å². The van der Waals surface area contributed by atoms with Gasteiger partial charge in [0.15, 0.2) is 6.29 Å². The van der Waals surface area contributed by atoms with E-state index in [1.165, 1.54) is 6.33 Å². The van der Waals surface area contributed by atoms with Crippen molar-refractivity contribution in [3.05, 3.63) is 22.7 Å². The molecule has 1 rings (SSSR count). The van der Waals surface area contributed by atoms with Crippen LogP contribution >= 0.6 is 11.6 Å². The summed E-state index contributed by atoms with van der Waals surface area (Å²) in [5.41, 5.74) is 1.14. The Hall–Kier alpha value is -0.960. The number of rotatable bonds is 3. The van der Waals surface area contributed by atoms with Gasteiger partial charge >= 0.3 is 0 Å². The van der Waals surface area contributed by atoms with E-state index in [0.29, 0.717) is 17.8 Å². The minimum atomic E-state index is 0.237. The summed E-state index contributed by atoms with van der Waals surface area (Å²) in [6.07, 6.45) is 2.84. The van der Waals surface area contributed by atoms with E-state index in [4.69, 9.17) is 11.6 Å². The Balaban J connectivity index is 3.05. The molecule has 0 bridgehead atoms. The van der Waals surface area contributed by atoms with Crippen molar-refractivity contribution in [1.82, 2.24) is 9.97 Å². The van der Waals surface area contributed by atoms with Crippen molar-refractivity contribution in [3.8, 4) is 0 Å². The number of hydrogen-bond acceptors (Lipinski definition) is 3. The summed E-state index contributed by atoms with van der Waals surface area (Å²) in [5.74, 6) is 0.449. The quantitative estimate of drug-likeness (QED) is 0.552. The lowest BCUT2D eigenvalue weighted by atomic mass is 10.1. The molecule has 0 saturated carbocycles. The fourth-order valence-corrected chi connectivity index (χ4v) is 1.27. The highest BCUT2D eigenvalue weighted by Gasteiger charge is 2.09. The molecule has 0 fully saturated rings. The van der Waals surface area contributed by atoms with Gasteiger partial charge in [0.05, 0.1) is 11.3 Å². The van der Waals surface area contributed by atoms with E-state index in [9.17, 15) is 4.79 Å². The maximum absolute atomic E-state index is 10.7. The van der Waals surface area contributed by atoms with Gasteiger partial charge in [-0.15, -0.1) is 0 Å². The Morgan fingerprint density at radius 3 is 2.77 bits per heavy atom. The minimum absolute atomic E-state index is 0.237. The van der Waals surface area contributed by atoms with Crippen LogP contribution in [0.4, 0.5) is 0 Å². The standard InChI is InChI=1S/C9H11ClN2O/c1-6(2)3-8-7(4-13)9(10)12-5-11-8/h4-6H,3H2,1-2H3. The number of hydrogen-bond donors (Lipinski definition) is 0. The van der Waals surface area contributed by atoms with Gasteiger partial charge in [0, 0.05) is 0 Å². The van der Waals surface area contributed by atoms with Crippen LogP contribution in [0.15, 0.2) is 6.33 Å². The van der Waals surface area contributed by atoms with Crippen molar-refractivity contribution < 1.29 is 4.79 Å². The first-order valence-electron chi connectivity index (χ1n) is 4.09. The van der Waals surface area contributed by atoms with Crippen LogP contribution in [0.2, 0.25) is 5.15 Å². The summed E-state index contributed by atoms with van der Waals surface area (Å²) in [6.45, 7) is 4.12. The summed E-state index contributed by atoms with van der Waals surface area (Å²) >= 11 is 5.73. The van der Waals surface area contributed by atoms with Crippen LogP contribution in [0.1, 0.15) is 29.9 Å². The monoisotopic (exact) mass is 198 g/mol. The molecule has 0 atom stereocenters. The normalized spacial score (nSPS) is 10.5. The van der Waals surface area contributed by atoms with Crippen molar-refractivity contribution in [3.63, 3.8) is 0 Å². The van der Waals surface area contributed by atoms with Crippen molar-refractivity contribution in [2.24, 2.45) is 5.92 Å². The van der Waals surface area contributed by atoms with E-state index in [0.717, 1.165) is 12.1 Å². The lowest BCUT2D eigenvalue weighted by Crippen LogP contribution is -2.03. The summed E-state index contributed by atoms with van der Waals surface area (Å²) in [7, 11) is 0. The van der Waals surface area contributed by atoms with Crippen molar-refractivity contribution in [1.29, 1.82) is 0 Å². The summed E-state index contributed by atoms with van der Waals surface area (Å²) in [5, 5.41) is 0.237. The molecule has 1 aromatic heterocycles. The zero-order valence-electron chi connectivity index (χ0n) is 7.62. The summed E-state index contributed by atoms with van der Waals surface area (Å²) < 4.78 is 0. The molecule has 0 aromatic carbocycles. The first-order valence-corrected chi connectivity index (χ1v) is 4.47. The van der Waals surface area contributed by atoms with Crippen molar-refractivity contribution in [2.45, 2.75) is 20.3 Å². The van der Waals surface area contributed by atoms with Gasteiger partial charge in [-0.2, -0.15) is 0 Å². The number of carbonyl (C=O) groups is 1. The number of aldehydes is 1. The van der Waals surface area contributed by atoms with E-state index in [1.807, 2.05) is 0 Å². The van der Waals surface area contributed by atoms with Crippen LogP contribution in [-0.4, -0.2) is 16.3 Å². The number of aromatic nitrogens is 2. The second kappa shape index (κ2) is 4.33. The van der Waals surface area contributed by atoms with Gasteiger partial charge in [0.2, 0.25) is 0 Å². The van der Waals surface area contributed by atoms with Crippen molar-refractivity contribution in [2.75, 3.05) is 0 Å². The van der Waals surface area contributed by atoms with Gasteiger partial charge < -0.3 is 0 Å². The zero-order chi connectivity index (χ0) is 9.84. The van der Waals surface area contributed by atoms with E-state index < -0.39 is 0 Å². The number of halogens is 1. The third-order valence-corrected chi connectivity index (χ3v) is 1.94. The largest absolute Gasteiger partial charge is 0.298 e. The smallest absolute Gasteiger partial charge is 0.155 e. The molecule has 0 unspecified atom stereocenters. The van der Waals surface area contributed by atoms with E-state index in [2.05, 4.69) is 23.8 Å². The second-order valence-corrected chi connectivity index (χ2v) is 3.60. The molecule has 0 N–H and O–H groups in total. The Morgan fingerprint density at radius 2 is 2.23 bits per heavy atom. The predicted octanol–water partition coefficient (Wildman–Crippen LogP) is 2.14. The van der Waals surface area contributed by atoms with Gasteiger partial charge in [-0.25, -0.2) is 9.97 Å². The second-order valence-electron chi connectivity index (χ2n) is 3.24. The fourth-order valence-electron chi connectivity index (χ4n) is 1.07. The molecule has 0 aliphatic heterocycles. The van der Waals surface area contributed by atoms with Gasteiger partial charge in [-0.05, 0) is 12.3 Å². The molecule has 1 aromatic rings. The molecule has 4 heteroatoms. The first-order chi connectivity index (χ1) is 6.15. The number of nitrogens with zero attached hydrogens (tertiary/aromatic N) is 2. The third kappa shape index (κ3) is 2.49.